The summed E-state index contributed by atoms with van der Waals surface area (Å²) in [4.78, 5) is 27.7. The molecule has 0 amide bonds. The normalized spacial score (nSPS) is 14.8. The molecule has 0 atom stereocenters. The second kappa shape index (κ2) is 5.70. The largest absolute Gasteiger partial charge is 0.485 e. The molecule has 0 unspecified atom stereocenters. The van der Waals surface area contributed by atoms with Crippen LogP contribution in [0.5, 0.6) is 5.75 Å². The number of H-pyrrole nitrogens is 1. The van der Waals surface area contributed by atoms with Gasteiger partial charge in [0.1, 0.15) is 22.7 Å². The van der Waals surface area contributed by atoms with Gasteiger partial charge in [-0.2, -0.15) is 0 Å². The van der Waals surface area contributed by atoms with E-state index in [1.165, 1.54) is 13.1 Å². The third kappa shape index (κ3) is 2.71. The van der Waals surface area contributed by atoms with Gasteiger partial charge < -0.3 is 9.64 Å². The lowest BCUT2D eigenvalue weighted by molar-refractivity contribution is 0.167. The Kier molecular flexibility index (Phi) is 3.88. The zero-order valence-electron chi connectivity index (χ0n) is 11.7. The number of benzene rings is 1. The summed E-state index contributed by atoms with van der Waals surface area (Å²) in [5.41, 5.74) is -0.786. The Bertz CT molecular complexity index is 794. The van der Waals surface area contributed by atoms with Gasteiger partial charge in [0, 0.05) is 13.1 Å². The molecule has 1 fully saturated rings. The van der Waals surface area contributed by atoms with Crippen LogP contribution in [-0.4, -0.2) is 28.7 Å². The summed E-state index contributed by atoms with van der Waals surface area (Å²) in [7, 11) is 1.42. The molecule has 1 aromatic heterocycles. The smallest absolute Gasteiger partial charge is 0.329 e. The fourth-order valence-corrected chi connectivity index (χ4v) is 2.51. The van der Waals surface area contributed by atoms with E-state index in [-0.39, 0.29) is 11.7 Å². The van der Waals surface area contributed by atoms with Crippen molar-refractivity contribution in [1.29, 1.82) is 0 Å². The van der Waals surface area contributed by atoms with Crippen molar-refractivity contribution in [2.24, 2.45) is 7.05 Å². The molecule has 116 valence electrons. The predicted molar refractivity (Wildman–Crippen MR) is 85.4 cm³/mol. The lowest BCUT2D eigenvalue weighted by Gasteiger charge is -2.40. The molecule has 8 heteroatoms. The molecule has 6 nitrogen and oxygen atoms in total. The Morgan fingerprint density at radius 3 is 2.68 bits per heavy atom. The van der Waals surface area contributed by atoms with Gasteiger partial charge in [-0.15, -0.1) is 0 Å². The zero-order valence-corrected chi connectivity index (χ0v) is 13.2. The number of hydrogen-bond donors (Lipinski definition) is 1. The first-order valence-electron chi connectivity index (χ1n) is 6.61. The van der Waals surface area contributed by atoms with Crippen LogP contribution in [0.25, 0.3) is 0 Å². The maximum Gasteiger partial charge on any atom is 0.329 e. The molecule has 1 saturated heterocycles. The molecule has 1 N–H and O–H groups in total. The van der Waals surface area contributed by atoms with Crippen molar-refractivity contribution in [2.45, 2.75) is 6.10 Å². The number of halogens is 2. The summed E-state index contributed by atoms with van der Waals surface area (Å²) < 4.78 is 6.78. The van der Waals surface area contributed by atoms with E-state index in [0.717, 1.165) is 4.57 Å². The highest BCUT2D eigenvalue weighted by Crippen LogP contribution is 2.33. The summed E-state index contributed by atoms with van der Waals surface area (Å²) >= 11 is 12.0. The van der Waals surface area contributed by atoms with Crippen molar-refractivity contribution in [3.8, 4) is 5.75 Å². The SMILES string of the molecule is Cn1c(=O)cc(N2CC(Oc3cccc(Cl)c3Cl)C2)[nH]c1=O. The summed E-state index contributed by atoms with van der Waals surface area (Å²) in [6.07, 6.45) is -0.0801. The molecule has 22 heavy (non-hydrogen) atoms. The van der Waals surface area contributed by atoms with Gasteiger partial charge >= 0.3 is 5.69 Å². The fraction of sp³-hybridized carbons (Fsp3) is 0.286. The molecule has 2 aromatic rings. The van der Waals surface area contributed by atoms with Crippen LogP contribution in [0.2, 0.25) is 10.0 Å². The van der Waals surface area contributed by atoms with Gasteiger partial charge in [-0.05, 0) is 12.1 Å². The van der Waals surface area contributed by atoms with Crippen molar-refractivity contribution >= 4 is 29.0 Å². The second-order valence-electron chi connectivity index (χ2n) is 5.05. The minimum Gasteiger partial charge on any atom is -0.485 e. The van der Waals surface area contributed by atoms with Crippen molar-refractivity contribution < 1.29 is 4.74 Å². The molecule has 1 aliphatic heterocycles. The number of nitrogens with zero attached hydrogens (tertiary/aromatic N) is 2. The van der Waals surface area contributed by atoms with Gasteiger partial charge in [0.25, 0.3) is 5.56 Å². The summed E-state index contributed by atoms with van der Waals surface area (Å²) in [6, 6.07) is 6.59. The molecule has 0 radical (unpaired) electrons. The lowest BCUT2D eigenvalue weighted by Crippen LogP contribution is -2.55. The molecule has 1 aliphatic rings. The minimum atomic E-state index is -0.440. The van der Waals surface area contributed by atoms with Gasteiger partial charge in [0.2, 0.25) is 0 Å². The van der Waals surface area contributed by atoms with E-state index >= 15 is 0 Å². The second-order valence-corrected chi connectivity index (χ2v) is 5.84. The first kappa shape index (κ1) is 15.0. The number of nitrogens with one attached hydrogen (secondary N) is 1. The fourth-order valence-electron chi connectivity index (χ4n) is 2.18. The first-order valence-corrected chi connectivity index (χ1v) is 7.37. The highest BCUT2D eigenvalue weighted by Gasteiger charge is 2.30. The zero-order chi connectivity index (χ0) is 15.9. The van der Waals surface area contributed by atoms with Crippen molar-refractivity contribution in [3.05, 3.63) is 55.1 Å². The number of aromatic nitrogens is 2. The van der Waals surface area contributed by atoms with Crippen molar-refractivity contribution in [2.75, 3.05) is 18.0 Å². The van der Waals surface area contributed by atoms with E-state index in [9.17, 15) is 9.59 Å². The molecule has 2 heterocycles. The van der Waals surface area contributed by atoms with E-state index in [2.05, 4.69) is 4.98 Å². The quantitative estimate of drug-likeness (QED) is 0.921. The van der Waals surface area contributed by atoms with E-state index in [1.54, 1.807) is 18.2 Å². The Morgan fingerprint density at radius 1 is 1.27 bits per heavy atom. The standard InChI is InChI=1S/C14H13Cl2N3O3/c1-18-12(20)5-11(17-14(18)21)19-6-8(7-19)22-10-4-2-3-9(15)13(10)16/h2-5,8H,6-7H2,1H3,(H,17,21). The predicted octanol–water partition coefficient (Wildman–Crippen LogP) is 1.65. The Morgan fingerprint density at radius 2 is 2.00 bits per heavy atom. The first-order chi connectivity index (χ1) is 10.5. The van der Waals surface area contributed by atoms with Crippen LogP contribution in [0.4, 0.5) is 5.82 Å². The number of aromatic amines is 1. The maximum absolute atomic E-state index is 11.6. The van der Waals surface area contributed by atoms with Crippen LogP contribution < -0.4 is 20.9 Å². The molecule has 1 aromatic carbocycles. The summed E-state index contributed by atoms with van der Waals surface area (Å²) in [5.74, 6) is 1.02. The van der Waals surface area contributed by atoms with Gasteiger partial charge in [-0.3, -0.25) is 14.3 Å². The Balaban J connectivity index is 1.69. The minimum absolute atomic E-state index is 0.0801. The molecule has 0 spiro atoms. The van der Waals surface area contributed by atoms with E-state index in [0.29, 0.717) is 34.7 Å². The van der Waals surface area contributed by atoms with Gasteiger partial charge in [0.05, 0.1) is 18.1 Å². The summed E-state index contributed by atoms with van der Waals surface area (Å²) in [5, 5.41) is 0.816. The highest BCUT2D eigenvalue weighted by atomic mass is 35.5. The number of hydrogen-bond acceptors (Lipinski definition) is 4. The third-order valence-electron chi connectivity index (χ3n) is 3.53. The van der Waals surface area contributed by atoms with Crippen LogP contribution in [-0.2, 0) is 7.05 Å². The van der Waals surface area contributed by atoms with Crippen LogP contribution in [0, 0.1) is 0 Å². The molecular formula is C14H13Cl2N3O3. The number of rotatable bonds is 3. The number of ether oxygens (including phenoxy) is 1. The van der Waals surface area contributed by atoms with Crippen LogP contribution >= 0.6 is 23.2 Å². The van der Waals surface area contributed by atoms with Crippen LogP contribution in [0.3, 0.4) is 0 Å². The van der Waals surface area contributed by atoms with Crippen LogP contribution in [0.15, 0.2) is 33.9 Å². The molecule has 3 rings (SSSR count). The Labute approximate surface area is 135 Å². The monoisotopic (exact) mass is 341 g/mol. The third-order valence-corrected chi connectivity index (χ3v) is 4.33. The van der Waals surface area contributed by atoms with Crippen LogP contribution in [0.1, 0.15) is 0 Å². The van der Waals surface area contributed by atoms with Gasteiger partial charge in [-0.1, -0.05) is 29.3 Å². The molecular weight excluding hydrogens is 329 g/mol. The van der Waals surface area contributed by atoms with E-state index < -0.39 is 5.69 Å². The molecule has 0 saturated carbocycles. The van der Waals surface area contributed by atoms with Gasteiger partial charge in [-0.25, -0.2) is 4.79 Å². The van der Waals surface area contributed by atoms with Crippen molar-refractivity contribution in [1.82, 2.24) is 9.55 Å². The Hall–Kier alpha value is -1.92. The van der Waals surface area contributed by atoms with E-state index in [1.807, 2.05) is 4.90 Å². The average molecular weight is 342 g/mol. The lowest BCUT2D eigenvalue weighted by atomic mass is 10.1. The van der Waals surface area contributed by atoms with Crippen molar-refractivity contribution in [3.63, 3.8) is 0 Å². The number of anilines is 1. The highest BCUT2D eigenvalue weighted by molar-refractivity contribution is 6.42. The molecule has 0 bridgehead atoms. The maximum atomic E-state index is 11.6. The topological polar surface area (TPSA) is 67.3 Å². The van der Waals surface area contributed by atoms with E-state index in [4.69, 9.17) is 27.9 Å². The summed E-state index contributed by atoms with van der Waals surface area (Å²) in [6.45, 7) is 1.10. The average Bonchev–Trinajstić information content (AvgIpc) is 2.43. The molecule has 0 aliphatic carbocycles. The van der Waals surface area contributed by atoms with Gasteiger partial charge in [0.15, 0.2) is 0 Å².